The second kappa shape index (κ2) is 6.74. The van der Waals surface area contributed by atoms with Crippen molar-refractivity contribution in [1.82, 2.24) is 9.47 Å². The van der Waals surface area contributed by atoms with Crippen LogP contribution in [-0.4, -0.2) is 33.0 Å². The molecule has 1 amide bonds. The third-order valence-corrected chi connectivity index (χ3v) is 3.30. The van der Waals surface area contributed by atoms with Crippen molar-refractivity contribution in [2.24, 2.45) is 0 Å². The van der Waals surface area contributed by atoms with Crippen molar-refractivity contribution in [2.75, 3.05) is 6.54 Å². The zero-order valence-corrected chi connectivity index (χ0v) is 11.9. The topological polar surface area (TPSA) is 62.5 Å². The molecule has 1 aromatic heterocycles. The second-order valence-corrected chi connectivity index (χ2v) is 4.72. The third-order valence-electron chi connectivity index (χ3n) is 3.30. The predicted octanol–water partition coefficient (Wildman–Crippen LogP) is 2.23. The van der Waals surface area contributed by atoms with Gasteiger partial charge in [-0.1, -0.05) is 30.3 Å². The number of amides is 1. The van der Waals surface area contributed by atoms with E-state index in [0.717, 1.165) is 5.56 Å². The van der Waals surface area contributed by atoms with Gasteiger partial charge in [0.2, 0.25) is 5.91 Å². The number of rotatable bonds is 6. The first kappa shape index (κ1) is 14.8. The normalized spacial score (nSPS) is 10.3. The van der Waals surface area contributed by atoms with Crippen molar-refractivity contribution >= 4 is 11.9 Å². The Bertz CT molecular complexity index is 619. The maximum atomic E-state index is 12.3. The first-order valence-corrected chi connectivity index (χ1v) is 6.82. The number of nitrogens with zero attached hydrogens (tertiary/aromatic N) is 2. The van der Waals surface area contributed by atoms with Crippen LogP contribution in [0.25, 0.3) is 0 Å². The van der Waals surface area contributed by atoms with Gasteiger partial charge in [0.15, 0.2) is 0 Å². The minimum Gasteiger partial charge on any atom is -0.477 e. The number of hydrogen-bond acceptors (Lipinski definition) is 2. The minimum atomic E-state index is -1.03. The summed E-state index contributed by atoms with van der Waals surface area (Å²) in [6.07, 6.45) is 1.61. The molecular weight excluding hydrogens is 268 g/mol. The zero-order valence-electron chi connectivity index (χ0n) is 11.9. The number of carbonyl (C=O) groups excluding carboxylic acids is 1. The quantitative estimate of drug-likeness (QED) is 0.885. The lowest BCUT2D eigenvalue weighted by Gasteiger charge is -2.21. The molecule has 0 bridgehead atoms. The van der Waals surface area contributed by atoms with E-state index in [-0.39, 0.29) is 18.1 Å². The molecule has 0 aliphatic rings. The number of hydrogen-bond donors (Lipinski definition) is 1. The Balaban J connectivity index is 2.06. The number of likely N-dealkylation sites (N-methyl/N-ethyl adjacent to an activating group) is 1. The summed E-state index contributed by atoms with van der Waals surface area (Å²) < 4.78 is 1.46. The second-order valence-electron chi connectivity index (χ2n) is 4.72. The molecular formula is C16H18N2O3. The van der Waals surface area contributed by atoms with Crippen molar-refractivity contribution in [3.63, 3.8) is 0 Å². The van der Waals surface area contributed by atoms with Gasteiger partial charge >= 0.3 is 5.97 Å². The van der Waals surface area contributed by atoms with Crippen LogP contribution in [0.4, 0.5) is 0 Å². The van der Waals surface area contributed by atoms with Gasteiger partial charge in [-0.2, -0.15) is 0 Å². The molecule has 0 saturated heterocycles. The van der Waals surface area contributed by atoms with Crippen molar-refractivity contribution in [1.29, 1.82) is 0 Å². The summed E-state index contributed by atoms with van der Waals surface area (Å²) in [6.45, 7) is 3.06. The van der Waals surface area contributed by atoms with Gasteiger partial charge in [0, 0.05) is 19.3 Å². The van der Waals surface area contributed by atoms with Crippen LogP contribution in [0, 0.1) is 0 Å². The van der Waals surface area contributed by atoms with Crippen molar-refractivity contribution < 1.29 is 14.7 Å². The van der Waals surface area contributed by atoms with Crippen LogP contribution in [0.1, 0.15) is 23.0 Å². The summed E-state index contributed by atoms with van der Waals surface area (Å²) in [7, 11) is 0. The van der Waals surface area contributed by atoms with Crippen LogP contribution >= 0.6 is 0 Å². The average molecular weight is 286 g/mol. The summed E-state index contributed by atoms with van der Waals surface area (Å²) in [6, 6.07) is 12.8. The van der Waals surface area contributed by atoms with Crippen LogP contribution in [0.5, 0.6) is 0 Å². The van der Waals surface area contributed by atoms with Gasteiger partial charge in [-0.05, 0) is 24.6 Å². The Morgan fingerprint density at radius 3 is 2.48 bits per heavy atom. The molecule has 0 unspecified atom stereocenters. The summed E-state index contributed by atoms with van der Waals surface area (Å²) in [5.74, 6) is -1.13. The highest BCUT2D eigenvalue weighted by Crippen LogP contribution is 2.08. The fourth-order valence-electron chi connectivity index (χ4n) is 2.17. The molecule has 0 spiro atoms. The van der Waals surface area contributed by atoms with E-state index >= 15 is 0 Å². The number of benzene rings is 1. The molecule has 21 heavy (non-hydrogen) atoms. The maximum absolute atomic E-state index is 12.3. The first-order chi connectivity index (χ1) is 10.1. The lowest BCUT2D eigenvalue weighted by Crippen LogP contribution is -2.33. The molecule has 5 nitrogen and oxygen atoms in total. The van der Waals surface area contributed by atoms with Gasteiger partial charge in [-0.25, -0.2) is 4.79 Å². The molecule has 5 heteroatoms. The number of aromatic nitrogens is 1. The highest BCUT2D eigenvalue weighted by atomic mass is 16.4. The Kier molecular flexibility index (Phi) is 4.77. The van der Waals surface area contributed by atoms with Gasteiger partial charge in [0.05, 0.1) is 0 Å². The molecule has 0 saturated carbocycles. The van der Waals surface area contributed by atoms with Crippen LogP contribution in [0.2, 0.25) is 0 Å². The molecule has 1 N–H and O–H groups in total. The minimum absolute atomic E-state index is 0.0370. The van der Waals surface area contributed by atoms with Crippen molar-refractivity contribution in [3.05, 3.63) is 59.9 Å². The number of carboxylic acid groups (broad SMARTS) is 1. The smallest absolute Gasteiger partial charge is 0.352 e. The van der Waals surface area contributed by atoms with Crippen LogP contribution < -0.4 is 0 Å². The van der Waals surface area contributed by atoms with Gasteiger partial charge < -0.3 is 14.6 Å². The van der Waals surface area contributed by atoms with Crippen LogP contribution in [0.15, 0.2) is 48.7 Å². The molecule has 2 aromatic rings. The number of carboxylic acids is 1. The Morgan fingerprint density at radius 2 is 1.86 bits per heavy atom. The van der Waals surface area contributed by atoms with E-state index in [0.29, 0.717) is 13.1 Å². The van der Waals surface area contributed by atoms with Gasteiger partial charge in [-0.3, -0.25) is 4.79 Å². The molecule has 1 aromatic carbocycles. The summed E-state index contributed by atoms with van der Waals surface area (Å²) in [5, 5.41) is 9.05. The first-order valence-electron chi connectivity index (χ1n) is 6.82. The van der Waals surface area contributed by atoms with Crippen LogP contribution in [0.3, 0.4) is 0 Å². The van der Waals surface area contributed by atoms with Crippen molar-refractivity contribution in [3.8, 4) is 0 Å². The SMILES string of the molecule is CCN(Cc1ccccc1)C(=O)Cn1cccc1C(=O)O. The van der Waals surface area contributed by atoms with E-state index < -0.39 is 5.97 Å². The van der Waals surface area contributed by atoms with E-state index in [1.165, 1.54) is 10.6 Å². The Hall–Kier alpha value is -2.56. The molecule has 0 radical (unpaired) electrons. The summed E-state index contributed by atoms with van der Waals surface area (Å²) in [4.78, 5) is 25.1. The van der Waals surface area contributed by atoms with Gasteiger partial charge in [-0.15, -0.1) is 0 Å². The molecule has 110 valence electrons. The van der Waals surface area contributed by atoms with E-state index in [4.69, 9.17) is 5.11 Å². The molecule has 0 aliphatic carbocycles. The summed E-state index contributed by atoms with van der Waals surface area (Å²) >= 11 is 0. The largest absolute Gasteiger partial charge is 0.477 e. The highest BCUT2D eigenvalue weighted by Gasteiger charge is 2.16. The van der Waals surface area contributed by atoms with E-state index in [9.17, 15) is 9.59 Å². The van der Waals surface area contributed by atoms with E-state index in [1.807, 2.05) is 37.3 Å². The maximum Gasteiger partial charge on any atom is 0.352 e. The fraction of sp³-hybridized carbons (Fsp3) is 0.250. The third kappa shape index (κ3) is 3.72. The lowest BCUT2D eigenvalue weighted by molar-refractivity contribution is -0.132. The molecule has 2 rings (SSSR count). The highest BCUT2D eigenvalue weighted by molar-refractivity contribution is 5.86. The Morgan fingerprint density at radius 1 is 1.14 bits per heavy atom. The average Bonchev–Trinajstić information content (AvgIpc) is 2.94. The zero-order chi connectivity index (χ0) is 15.2. The molecule has 1 heterocycles. The van der Waals surface area contributed by atoms with Gasteiger partial charge in [0.1, 0.15) is 12.2 Å². The number of aromatic carboxylic acids is 1. The molecule has 0 aliphatic heterocycles. The number of carbonyl (C=O) groups is 2. The standard InChI is InChI=1S/C16H18N2O3/c1-2-17(11-13-7-4-3-5-8-13)15(19)12-18-10-6-9-14(18)16(20)21/h3-10H,2,11-12H2,1H3,(H,20,21). The Labute approximate surface area is 123 Å². The molecule has 0 fully saturated rings. The van der Waals surface area contributed by atoms with Crippen LogP contribution in [-0.2, 0) is 17.9 Å². The lowest BCUT2D eigenvalue weighted by atomic mass is 10.2. The fourth-order valence-corrected chi connectivity index (χ4v) is 2.17. The molecule has 0 atom stereocenters. The monoisotopic (exact) mass is 286 g/mol. The predicted molar refractivity (Wildman–Crippen MR) is 78.9 cm³/mol. The summed E-state index contributed by atoms with van der Waals surface area (Å²) in [5.41, 5.74) is 1.18. The van der Waals surface area contributed by atoms with Crippen molar-refractivity contribution in [2.45, 2.75) is 20.0 Å². The van der Waals surface area contributed by atoms with Gasteiger partial charge in [0.25, 0.3) is 0 Å². The van der Waals surface area contributed by atoms with E-state index in [2.05, 4.69) is 0 Å². The van der Waals surface area contributed by atoms with E-state index in [1.54, 1.807) is 17.2 Å².